The van der Waals surface area contributed by atoms with Crippen molar-refractivity contribution in [3.05, 3.63) is 114 Å². The van der Waals surface area contributed by atoms with E-state index in [1.54, 1.807) is 0 Å². The van der Waals surface area contributed by atoms with Crippen molar-refractivity contribution >= 4 is 21.9 Å². The van der Waals surface area contributed by atoms with Crippen LogP contribution in [0.4, 0.5) is 4.39 Å². The zero-order valence-electron chi connectivity index (χ0n) is 19.0. The van der Waals surface area contributed by atoms with Gasteiger partial charge in [0, 0.05) is 27.5 Å². The summed E-state index contributed by atoms with van der Waals surface area (Å²) >= 11 is 0. The molecule has 164 valence electrons. The lowest BCUT2D eigenvalue weighted by Gasteiger charge is -2.10. The quantitative estimate of drug-likeness (QED) is 0.273. The van der Waals surface area contributed by atoms with Crippen LogP contribution in [0.2, 0.25) is 0 Å². The van der Waals surface area contributed by atoms with Crippen LogP contribution in [0.1, 0.15) is 11.1 Å². The largest absolute Gasteiger partial charge is 0.455 e. The van der Waals surface area contributed by atoms with Crippen LogP contribution in [0.25, 0.3) is 55.4 Å². The molecule has 34 heavy (non-hydrogen) atoms. The Hall–Kier alpha value is -4.24. The molecule has 0 atom stereocenters. The number of fused-ring (bicyclic) bond motifs is 3. The first kappa shape index (κ1) is 20.4. The Morgan fingerprint density at radius 3 is 2.21 bits per heavy atom. The Kier molecular flexibility index (Phi) is 4.77. The number of aromatic nitrogens is 1. The van der Waals surface area contributed by atoms with E-state index in [1.165, 1.54) is 22.9 Å². The lowest BCUT2D eigenvalue weighted by Crippen LogP contribution is -1.91. The van der Waals surface area contributed by atoms with E-state index >= 15 is 0 Å². The molecule has 0 fully saturated rings. The highest BCUT2D eigenvalue weighted by molar-refractivity contribution is 6.15. The van der Waals surface area contributed by atoms with Crippen LogP contribution in [-0.2, 0) is 0 Å². The van der Waals surface area contributed by atoms with E-state index in [2.05, 4.69) is 55.2 Å². The number of rotatable bonds is 3. The molecule has 2 heterocycles. The highest BCUT2D eigenvalue weighted by Crippen LogP contribution is 2.41. The second-order valence-electron chi connectivity index (χ2n) is 8.65. The number of pyridine rings is 1. The van der Waals surface area contributed by atoms with Gasteiger partial charge in [0.05, 0.1) is 11.9 Å². The van der Waals surface area contributed by atoms with Crippen molar-refractivity contribution in [2.45, 2.75) is 13.8 Å². The predicted molar refractivity (Wildman–Crippen MR) is 137 cm³/mol. The van der Waals surface area contributed by atoms with Crippen molar-refractivity contribution in [3.8, 4) is 33.5 Å². The number of hydrogen-bond acceptors (Lipinski definition) is 2. The average molecular weight is 444 g/mol. The first-order chi connectivity index (χ1) is 16.6. The third kappa shape index (κ3) is 3.20. The molecule has 6 aromatic rings. The molecule has 4 aromatic carbocycles. The van der Waals surface area contributed by atoms with Crippen molar-refractivity contribution in [3.63, 3.8) is 0 Å². The summed E-state index contributed by atoms with van der Waals surface area (Å²) in [4.78, 5) is 4.46. The van der Waals surface area contributed by atoms with Gasteiger partial charge in [-0.3, -0.25) is 4.98 Å². The number of halogens is 1. The Bertz CT molecular complexity index is 1660. The van der Waals surface area contributed by atoms with Gasteiger partial charge in [-0.2, -0.15) is 0 Å². The maximum Gasteiger partial charge on any atom is 0.149 e. The molecule has 0 saturated heterocycles. The maximum atomic E-state index is 14.7. The molecular weight excluding hydrogens is 421 g/mol. The van der Waals surface area contributed by atoms with Gasteiger partial charge in [-0.1, -0.05) is 78.9 Å². The van der Waals surface area contributed by atoms with E-state index in [4.69, 9.17) is 4.42 Å². The van der Waals surface area contributed by atoms with Crippen LogP contribution in [0, 0.1) is 19.7 Å². The van der Waals surface area contributed by atoms with Crippen LogP contribution < -0.4 is 0 Å². The van der Waals surface area contributed by atoms with Crippen molar-refractivity contribution in [1.82, 2.24) is 4.98 Å². The molecule has 0 saturated carbocycles. The van der Waals surface area contributed by atoms with Crippen molar-refractivity contribution in [1.29, 1.82) is 0 Å². The van der Waals surface area contributed by atoms with Gasteiger partial charge in [0.25, 0.3) is 0 Å². The lowest BCUT2D eigenvalue weighted by atomic mass is 9.93. The molecule has 3 heteroatoms. The topological polar surface area (TPSA) is 26.0 Å². The predicted octanol–water partition coefficient (Wildman–Crippen LogP) is 8.74. The van der Waals surface area contributed by atoms with Crippen LogP contribution >= 0.6 is 0 Å². The first-order valence-corrected chi connectivity index (χ1v) is 11.3. The summed E-state index contributed by atoms with van der Waals surface area (Å²) in [6.45, 7) is 4.26. The summed E-state index contributed by atoms with van der Waals surface area (Å²) in [6.07, 6.45) is 1.31. The number of para-hydroxylation sites is 1. The minimum Gasteiger partial charge on any atom is -0.455 e. The molecule has 0 amide bonds. The zero-order valence-corrected chi connectivity index (χ0v) is 19.0. The van der Waals surface area contributed by atoms with Gasteiger partial charge >= 0.3 is 0 Å². The molecule has 0 aliphatic heterocycles. The van der Waals surface area contributed by atoms with Crippen LogP contribution in [-0.4, -0.2) is 4.98 Å². The molecule has 0 spiro atoms. The Morgan fingerprint density at radius 1 is 0.706 bits per heavy atom. The van der Waals surface area contributed by atoms with E-state index in [0.29, 0.717) is 11.3 Å². The van der Waals surface area contributed by atoms with Crippen LogP contribution in [0.5, 0.6) is 0 Å². The maximum absolute atomic E-state index is 14.7. The summed E-state index contributed by atoms with van der Waals surface area (Å²) in [5, 5.41) is 2.02. The van der Waals surface area contributed by atoms with E-state index < -0.39 is 0 Å². The fraction of sp³-hybridized carbons (Fsp3) is 0.0645. The summed E-state index contributed by atoms with van der Waals surface area (Å²) in [5.41, 5.74) is 9.33. The molecule has 0 N–H and O–H groups in total. The molecule has 0 radical (unpaired) electrons. The Balaban J connectivity index is 1.62. The smallest absolute Gasteiger partial charge is 0.149 e. The fourth-order valence-electron chi connectivity index (χ4n) is 4.92. The van der Waals surface area contributed by atoms with E-state index in [9.17, 15) is 4.39 Å². The fourth-order valence-corrected chi connectivity index (χ4v) is 4.92. The van der Waals surface area contributed by atoms with Gasteiger partial charge in [-0.25, -0.2) is 4.39 Å². The van der Waals surface area contributed by atoms with Crippen molar-refractivity contribution in [2.75, 3.05) is 0 Å². The SMILES string of the molecule is Cc1cccc(C)c1-c1cccc2c1oc1cccc(-c3cc(-c4ccccc4)c(F)cn3)c12. The van der Waals surface area contributed by atoms with Gasteiger partial charge in [-0.05, 0) is 48.2 Å². The molecule has 0 aliphatic carbocycles. The van der Waals surface area contributed by atoms with Crippen molar-refractivity contribution < 1.29 is 8.81 Å². The normalized spacial score (nSPS) is 11.4. The minimum absolute atomic E-state index is 0.337. The van der Waals surface area contributed by atoms with E-state index in [0.717, 1.165) is 38.6 Å². The van der Waals surface area contributed by atoms with Gasteiger partial charge < -0.3 is 4.42 Å². The lowest BCUT2D eigenvalue weighted by molar-refractivity contribution is 0.625. The number of hydrogen-bond donors (Lipinski definition) is 0. The molecule has 0 unspecified atom stereocenters. The van der Waals surface area contributed by atoms with Crippen LogP contribution in [0.3, 0.4) is 0 Å². The van der Waals surface area contributed by atoms with Gasteiger partial charge in [-0.15, -0.1) is 0 Å². The highest BCUT2D eigenvalue weighted by atomic mass is 19.1. The second-order valence-corrected chi connectivity index (χ2v) is 8.65. The molecular formula is C31H22FNO. The van der Waals surface area contributed by atoms with Gasteiger partial charge in [0.15, 0.2) is 0 Å². The standard InChI is InChI=1S/C31H22FNO/c1-19-9-6-10-20(2)29(19)23-14-7-15-24-30-22(13-8-16-28(30)34-31(23)24)27-17-25(26(32)18-33-27)21-11-4-3-5-12-21/h3-18H,1-2H3. The van der Waals surface area contributed by atoms with E-state index in [-0.39, 0.29) is 5.82 Å². The second kappa shape index (κ2) is 7.96. The first-order valence-electron chi connectivity index (χ1n) is 11.3. The molecule has 2 nitrogen and oxygen atoms in total. The molecule has 2 aromatic heterocycles. The highest BCUT2D eigenvalue weighted by Gasteiger charge is 2.18. The number of benzene rings is 4. The van der Waals surface area contributed by atoms with Crippen LogP contribution in [0.15, 0.2) is 102 Å². The zero-order chi connectivity index (χ0) is 23.2. The summed E-state index contributed by atoms with van der Waals surface area (Å²) in [7, 11) is 0. The summed E-state index contributed by atoms with van der Waals surface area (Å²) in [6, 6.07) is 30.0. The summed E-state index contributed by atoms with van der Waals surface area (Å²) < 4.78 is 21.2. The Morgan fingerprint density at radius 2 is 1.41 bits per heavy atom. The molecule has 6 rings (SSSR count). The molecule has 0 bridgehead atoms. The Labute approximate surface area is 197 Å². The van der Waals surface area contributed by atoms with E-state index in [1.807, 2.05) is 54.6 Å². The third-order valence-corrected chi connectivity index (χ3v) is 6.49. The monoisotopic (exact) mass is 443 g/mol. The van der Waals surface area contributed by atoms with Gasteiger partial charge in [0.1, 0.15) is 17.0 Å². The van der Waals surface area contributed by atoms with Crippen molar-refractivity contribution in [2.24, 2.45) is 0 Å². The number of aryl methyl sites for hydroxylation is 2. The van der Waals surface area contributed by atoms with Gasteiger partial charge in [0.2, 0.25) is 0 Å². The molecule has 0 aliphatic rings. The number of nitrogens with zero attached hydrogens (tertiary/aromatic N) is 1. The third-order valence-electron chi connectivity index (χ3n) is 6.49. The minimum atomic E-state index is -0.337. The average Bonchev–Trinajstić information content (AvgIpc) is 3.25. The number of furan rings is 1. The summed E-state index contributed by atoms with van der Waals surface area (Å²) in [5.74, 6) is -0.337.